The highest BCUT2D eigenvalue weighted by molar-refractivity contribution is 14.0. The molecule has 0 spiro atoms. The smallest absolute Gasteiger partial charge is 0.416 e. The Morgan fingerprint density at radius 3 is 2.40 bits per heavy atom. The van der Waals surface area contributed by atoms with E-state index in [0.717, 1.165) is 12.1 Å². The Bertz CT molecular complexity index is 510. The van der Waals surface area contributed by atoms with Crippen LogP contribution >= 0.6 is 24.0 Å². The second kappa shape index (κ2) is 12.2. The van der Waals surface area contributed by atoms with E-state index < -0.39 is 11.7 Å². The minimum atomic E-state index is -4.34. The molecule has 2 N–H and O–H groups in total. The van der Waals surface area contributed by atoms with Crippen molar-refractivity contribution in [3.8, 4) is 5.75 Å². The summed E-state index contributed by atoms with van der Waals surface area (Å²) in [6.45, 7) is 5.82. The van der Waals surface area contributed by atoms with Gasteiger partial charge in [-0.25, -0.2) is 4.99 Å². The van der Waals surface area contributed by atoms with Crippen molar-refractivity contribution in [3.05, 3.63) is 29.8 Å². The molecule has 0 radical (unpaired) electrons. The summed E-state index contributed by atoms with van der Waals surface area (Å²) in [6.07, 6.45) is -4.34. The normalized spacial score (nSPS) is 13.0. The number of hydrogen-bond donors (Lipinski definition) is 2. The molecule has 1 rings (SSSR count). The van der Waals surface area contributed by atoms with Gasteiger partial charge in [-0.1, -0.05) is 0 Å². The zero-order valence-electron chi connectivity index (χ0n) is 14.5. The van der Waals surface area contributed by atoms with Crippen molar-refractivity contribution in [2.45, 2.75) is 26.1 Å². The molecule has 0 aromatic heterocycles. The van der Waals surface area contributed by atoms with Crippen molar-refractivity contribution in [2.24, 2.45) is 4.99 Å². The average molecular weight is 475 g/mol. The van der Waals surface area contributed by atoms with E-state index in [0.29, 0.717) is 31.4 Å². The predicted molar refractivity (Wildman–Crippen MR) is 103 cm³/mol. The van der Waals surface area contributed by atoms with Crippen LogP contribution in [-0.2, 0) is 10.9 Å². The lowest BCUT2D eigenvalue weighted by Crippen LogP contribution is -2.44. The molecule has 1 unspecified atom stereocenters. The van der Waals surface area contributed by atoms with E-state index in [1.54, 1.807) is 7.11 Å². The van der Waals surface area contributed by atoms with Crippen LogP contribution < -0.4 is 15.4 Å². The maximum absolute atomic E-state index is 12.5. The topological polar surface area (TPSA) is 54.9 Å². The zero-order valence-corrected chi connectivity index (χ0v) is 16.9. The molecule has 9 heteroatoms. The van der Waals surface area contributed by atoms with Gasteiger partial charge in [-0.05, 0) is 38.1 Å². The molecule has 0 amide bonds. The van der Waals surface area contributed by atoms with Crippen molar-refractivity contribution in [1.29, 1.82) is 0 Å². The number of aliphatic imine (C=N–C) groups is 1. The summed E-state index contributed by atoms with van der Waals surface area (Å²) < 4.78 is 47.8. The van der Waals surface area contributed by atoms with Gasteiger partial charge < -0.3 is 20.1 Å². The summed E-state index contributed by atoms with van der Waals surface area (Å²) in [5.74, 6) is 1.02. The first-order valence-electron chi connectivity index (χ1n) is 7.70. The van der Waals surface area contributed by atoms with Gasteiger partial charge in [0, 0.05) is 19.7 Å². The van der Waals surface area contributed by atoms with E-state index in [9.17, 15) is 13.2 Å². The number of hydrogen-bond acceptors (Lipinski definition) is 3. The lowest BCUT2D eigenvalue weighted by atomic mass is 10.2. The maximum atomic E-state index is 12.5. The van der Waals surface area contributed by atoms with Gasteiger partial charge in [0.2, 0.25) is 0 Å². The highest BCUT2D eigenvalue weighted by Gasteiger charge is 2.29. The van der Waals surface area contributed by atoms with Crippen molar-refractivity contribution in [3.63, 3.8) is 0 Å². The molecule has 0 saturated carbocycles. The lowest BCUT2D eigenvalue weighted by Gasteiger charge is -2.17. The van der Waals surface area contributed by atoms with Crippen LogP contribution in [0.1, 0.15) is 19.4 Å². The fraction of sp³-hybridized carbons (Fsp3) is 0.562. The van der Waals surface area contributed by atoms with Gasteiger partial charge in [0.25, 0.3) is 0 Å². The second-order valence-corrected chi connectivity index (χ2v) is 5.13. The van der Waals surface area contributed by atoms with Crippen molar-refractivity contribution >= 4 is 29.9 Å². The minimum absolute atomic E-state index is 0. The first-order valence-corrected chi connectivity index (χ1v) is 7.70. The van der Waals surface area contributed by atoms with Crippen molar-refractivity contribution < 1.29 is 22.6 Å². The Labute approximate surface area is 163 Å². The highest BCUT2D eigenvalue weighted by Crippen LogP contribution is 2.30. The van der Waals surface area contributed by atoms with Crippen molar-refractivity contribution in [2.75, 3.05) is 33.4 Å². The number of benzene rings is 1. The van der Waals surface area contributed by atoms with E-state index >= 15 is 0 Å². The largest absolute Gasteiger partial charge is 0.492 e. The maximum Gasteiger partial charge on any atom is 0.416 e. The van der Waals surface area contributed by atoms with Gasteiger partial charge in [0.1, 0.15) is 12.4 Å². The SMILES string of the molecule is CCNC(=NCCOc1ccc(C(F)(F)F)cc1)NC(C)COC.I. The van der Waals surface area contributed by atoms with Gasteiger partial charge >= 0.3 is 6.18 Å². The number of guanidine groups is 1. The molecular formula is C16H25F3IN3O2. The third kappa shape index (κ3) is 9.73. The number of methoxy groups -OCH3 is 1. The molecule has 1 aromatic carbocycles. The molecule has 0 fully saturated rings. The highest BCUT2D eigenvalue weighted by atomic mass is 127. The average Bonchev–Trinajstić information content (AvgIpc) is 2.51. The van der Waals surface area contributed by atoms with E-state index in [-0.39, 0.29) is 36.6 Å². The van der Waals surface area contributed by atoms with Gasteiger partial charge in [-0.15, -0.1) is 24.0 Å². The Hall–Kier alpha value is -1.23. The van der Waals surface area contributed by atoms with Crippen LogP contribution in [0.25, 0.3) is 0 Å². The molecule has 1 aromatic rings. The monoisotopic (exact) mass is 475 g/mol. The van der Waals surface area contributed by atoms with Crippen LogP contribution in [0.4, 0.5) is 13.2 Å². The molecule has 0 aliphatic rings. The molecular weight excluding hydrogens is 450 g/mol. The lowest BCUT2D eigenvalue weighted by molar-refractivity contribution is -0.137. The van der Waals surface area contributed by atoms with Crippen LogP contribution in [0.15, 0.2) is 29.3 Å². The Morgan fingerprint density at radius 2 is 1.88 bits per heavy atom. The Balaban J connectivity index is 0.00000576. The van der Waals surface area contributed by atoms with Gasteiger partial charge in [0.15, 0.2) is 5.96 Å². The summed E-state index contributed by atoms with van der Waals surface area (Å²) in [5, 5.41) is 6.27. The summed E-state index contributed by atoms with van der Waals surface area (Å²) in [6, 6.07) is 4.70. The van der Waals surface area contributed by atoms with Crippen LogP contribution in [0.3, 0.4) is 0 Å². The summed E-state index contributed by atoms with van der Waals surface area (Å²) >= 11 is 0. The van der Waals surface area contributed by atoms with Crippen LogP contribution in [0.5, 0.6) is 5.75 Å². The second-order valence-electron chi connectivity index (χ2n) is 5.13. The molecule has 0 saturated heterocycles. The number of ether oxygens (including phenoxy) is 2. The molecule has 144 valence electrons. The van der Waals surface area contributed by atoms with Crippen LogP contribution in [0.2, 0.25) is 0 Å². The third-order valence-electron chi connectivity index (χ3n) is 2.96. The van der Waals surface area contributed by atoms with E-state index in [1.807, 2.05) is 13.8 Å². The number of rotatable bonds is 8. The fourth-order valence-electron chi connectivity index (χ4n) is 1.91. The Kier molecular flexibility index (Phi) is 11.6. The molecule has 0 heterocycles. The molecule has 1 atom stereocenters. The van der Waals surface area contributed by atoms with E-state index in [1.165, 1.54) is 12.1 Å². The summed E-state index contributed by atoms with van der Waals surface area (Å²) in [7, 11) is 1.63. The van der Waals surface area contributed by atoms with E-state index in [2.05, 4.69) is 15.6 Å². The van der Waals surface area contributed by atoms with Gasteiger partial charge in [-0.3, -0.25) is 0 Å². The Morgan fingerprint density at radius 1 is 1.24 bits per heavy atom. The molecule has 0 aliphatic heterocycles. The quantitative estimate of drug-likeness (QED) is 0.262. The van der Waals surface area contributed by atoms with Crippen molar-refractivity contribution in [1.82, 2.24) is 10.6 Å². The third-order valence-corrected chi connectivity index (χ3v) is 2.96. The summed E-state index contributed by atoms with van der Waals surface area (Å²) in [4.78, 5) is 4.34. The summed E-state index contributed by atoms with van der Waals surface area (Å²) in [5.41, 5.74) is -0.696. The minimum Gasteiger partial charge on any atom is -0.492 e. The number of halogens is 4. The van der Waals surface area contributed by atoms with E-state index in [4.69, 9.17) is 9.47 Å². The molecule has 0 aliphatic carbocycles. The zero-order chi connectivity index (χ0) is 18.0. The number of nitrogens with zero attached hydrogens (tertiary/aromatic N) is 1. The molecule has 5 nitrogen and oxygen atoms in total. The molecule has 0 bridgehead atoms. The number of nitrogens with one attached hydrogen (secondary N) is 2. The first kappa shape index (κ1) is 23.8. The number of alkyl halides is 3. The predicted octanol–water partition coefficient (Wildman–Crippen LogP) is 3.29. The standard InChI is InChI=1S/C16H24F3N3O2.HI/c1-4-20-15(22-12(2)11-23-3)21-9-10-24-14-7-5-13(6-8-14)16(17,18)19;/h5-8,12H,4,9-11H2,1-3H3,(H2,20,21,22);1H. The van der Waals surface area contributed by atoms with Crippen LogP contribution in [-0.4, -0.2) is 45.4 Å². The molecule has 25 heavy (non-hydrogen) atoms. The van der Waals surface area contributed by atoms with Gasteiger partial charge in [-0.2, -0.15) is 13.2 Å². The van der Waals surface area contributed by atoms with Crippen LogP contribution in [0, 0.1) is 0 Å². The fourth-order valence-corrected chi connectivity index (χ4v) is 1.91. The van der Waals surface area contributed by atoms with Gasteiger partial charge in [0.05, 0.1) is 18.7 Å². The first-order chi connectivity index (χ1) is 11.4.